The largest absolute Gasteiger partial charge is 0.481 e. The molecule has 0 spiro atoms. The fourth-order valence-electron chi connectivity index (χ4n) is 1.98. The number of hydrogen-bond acceptors (Lipinski definition) is 5. The van der Waals surface area contributed by atoms with E-state index in [2.05, 4.69) is 0 Å². The van der Waals surface area contributed by atoms with Crippen LogP contribution in [0.15, 0.2) is 30.3 Å². The van der Waals surface area contributed by atoms with Crippen molar-refractivity contribution in [2.75, 3.05) is 0 Å². The summed E-state index contributed by atoms with van der Waals surface area (Å²) in [4.78, 5) is 34.9. The Morgan fingerprint density at radius 3 is 2.29 bits per heavy atom. The number of carbonyl (C=O) groups excluding carboxylic acids is 2. The molecule has 0 amide bonds. The van der Waals surface area contributed by atoms with Crippen LogP contribution >= 0.6 is 0 Å². The lowest BCUT2D eigenvalue weighted by molar-refractivity contribution is -0.164. The van der Waals surface area contributed by atoms with Gasteiger partial charge in [-0.25, -0.2) is 0 Å². The molecule has 0 saturated carbocycles. The van der Waals surface area contributed by atoms with E-state index in [0.717, 1.165) is 5.56 Å². The average Bonchev–Trinajstić information content (AvgIpc) is 2.48. The first-order valence-corrected chi connectivity index (χ1v) is 7.81. The van der Waals surface area contributed by atoms with Crippen molar-refractivity contribution in [3.63, 3.8) is 0 Å². The molecule has 0 fully saturated rings. The molecule has 0 unspecified atom stereocenters. The second-order valence-corrected chi connectivity index (χ2v) is 6.51. The summed E-state index contributed by atoms with van der Waals surface area (Å²) in [5.74, 6) is -3.00. The van der Waals surface area contributed by atoms with E-state index in [-0.39, 0.29) is 25.9 Å². The molecule has 1 aromatic rings. The minimum absolute atomic E-state index is 0.0324. The number of carboxylic acid groups (broad SMARTS) is 1. The molecule has 6 heteroatoms. The van der Waals surface area contributed by atoms with Crippen molar-refractivity contribution in [2.45, 2.75) is 52.2 Å². The van der Waals surface area contributed by atoms with E-state index in [1.165, 1.54) is 0 Å². The van der Waals surface area contributed by atoms with Gasteiger partial charge in [0.05, 0.1) is 12.3 Å². The summed E-state index contributed by atoms with van der Waals surface area (Å²) in [5.41, 5.74) is 0.136. The predicted molar refractivity (Wildman–Crippen MR) is 87.1 cm³/mol. The molecule has 1 atom stereocenters. The Hall–Kier alpha value is -2.37. The summed E-state index contributed by atoms with van der Waals surface area (Å²) < 4.78 is 10.4. The van der Waals surface area contributed by atoms with Crippen LogP contribution < -0.4 is 0 Å². The smallest absolute Gasteiger partial charge is 0.310 e. The molecule has 0 bridgehead atoms. The van der Waals surface area contributed by atoms with Gasteiger partial charge in [-0.1, -0.05) is 30.3 Å². The zero-order chi connectivity index (χ0) is 18.2. The molecule has 1 N–H and O–H groups in total. The number of esters is 2. The van der Waals surface area contributed by atoms with E-state index >= 15 is 0 Å². The van der Waals surface area contributed by atoms with Gasteiger partial charge in [0, 0.05) is 6.42 Å². The van der Waals surface area contributed by atoms with Crippen LogP contribution in [-0.4, -0.2) is 28.6 Å². The summed E-state index contributed by atoms with van der Waals surface area (Å²) in [6.07, 6.45) is -0.379. The van der Waals surface area contributed by atoms with Gasteiger partial charge in [-0.3, -0.25) is 14.4 Å². The van der Waals surface area contributed by atoms with Gasteiger partial charge < -0.3 is 14.6 Å². The van der Waals surface area contributed by atoms with Crippen molar-refractivity contribution >= 4 is 17.9 Å². The van der Waals surface area contributed by atoms with Crippen LogP contribution in [0.4, 0.5) is 0 Å². The van der Waals surface area contributed by atoms with E-state index in [1.807, 2.05) is 30.3 Å². The Morgan fingerprint density at radius 1 is 1.12 bits per heavy atom. The van der Waals surface area contributed by atoms with Gasteiger partial charge in [0.15, 0.2) is 0 Å². The van der Waals surface area contributed by atoms with Crippen molar-refractivity contribution in [3.8, 4) is 0 Å². The van der Waals surface area contributed by atoms with Gasteiger partial charge in [0.25, 0.3) is 0 Å². The van der Waals surface area contributed by atoms with Gasteiger partial charge in [-0.15, -0.1) is 0 Å². The fraction of sp³-hybridized carbons (Fsp3) is 0.500. The van der Waals surface area contributed by atoms with Crippen LogP contribution in [0.25, 0.3) is 0 Å². The molecular formula is C18H24O6. The number of ether oxygens (including phenoxy) is 2. The zero-order valence-corrected chi connectivity index (χ0v) is 14.3. The van der Waals surface area contributed by atoms with Gasteiger partial charge in [0.1, 0.15) is 12.2 Å². The average molecular weight is 336 g/mol. The van der Waals surface area contributed by atoms with Crippen molar-refractivity contribution in [3.05, 3.63) is 35.9 Å². The summed E-state index contributed by atoms with van der Waals surface area (Å²) in [5, 5.41) is 8.79. The first-order valence-electron chi connectivity index (χ1n) is 7.81. The number of benzene rings is 1. The molecule has 1 aromatic carbocycles. The first-order chi connectivity index (χ1) is 11.2. The predicted octanol–water partition coefficient (Wildman–Crippen LogP) is 2.94. The van der Waals surface area contributed by atoms with E-state index < -0.39 is 29.4 Å². The minimum atomic E-state index is -1.03. The van der Waals surface area contributed by atoms with Gasteiger partial charge in [0.2, 0.25) is 0 Å². The van der Waals surface area contributed by atoms with Gasteiger partial charge in [-0.05, 0) is 32.8 Å². The lowest BCUT2D eigenvalue weighted by atomic mass is 9.99. The topological polar surface area (TPSA) is 89.9 Å². The molecule has 1 rings (SSSR count). The molecular weight excluding hydrogens is 312 g/mol. The molecule has 0 aliphatic carbocycles. The Kier molecular flexibility index (Phi) is 7.42. The van der Waals surface area contributed by atoms with Crippen LogP contribution in [0.5, 0.6) is 0 Å². The minimum Gasteiger partial charge on any atom is -0.481 e. The summed E-state index contributed by atoms with van der Waals surface area (Å²) >= 11 is 0. The Balaban J connectivity index is 2.60. The van der Waals surface area contributed by atoms with Crippen LogP contribution in [0, 0.1) is 5.92 Å². The number of rotatable bonds is 8. The van der Waals surface area contributed by atoms with Crippen LogP contribution in [0.3, 0.4) is 0 Å². The second-order valence-electron chi connectivity index (χ2n) is 6.51. The van der Waals surface area contributed by atoms with Gasteiger partial charge >= 0.3 is 17.9 Å². The summed E-state index contributed by atoms with van der Waals surface area (Å²) in [6.45, 7) is 5.26. The summed E-state index contributed by atoms with van der Waals surface area (Å²) in [7, 11) is 0. The van der Waals surface area contributed by atoms with Crippen LogP contribution in [0.1, 0.15) is 45.6 Å². The highest BCUT2D eigenvalue weighted by atomic mass is 16.6. The first kappa shape index (κ1) is 19.7. The number of carboxylic acids is 1. The van der Waals surface area contributed by atoms with Crippen LogP contribution in [-0.2, 0) is 30.5 Å². The molecule has 24 heavy (non-hydrogen) atoms. The molecule has 132 valence electrons. The molecule has 0 radical (unpaired) electrons. The second kappa shape index (κ2) is 9.05. The van der Waals surface area contributed by atoms with Crippen molar-refractivity contribution in [1.82, 2.24) is 0 Å². The van der Waals surface area contributed by atoms with E-state index in [1.54, 1.807) is 20.8 Å². The monoisotopic (exact) mass is 336 g/mol. The summed E-state index contributed by atoms with van der Waals surface area (Å²) in [6, 6.07) is 9.17. The molecule has 0 aliphatic heterocycles. The molecule has 6 nitrogen and oxygen atoms in total. The van der Waals surface area contributed by atoms with Crippen molar-refractivity contribution < 1.29 is 29.0 Å². The van der Waals surface area contributed by atoms with E-state index in [9.17, 15) is 14.4 Å². The zero-order valence-electron chi connectivity index (χ0n) is 14.3. The Morgan fingerprint density at radius 2 is 1.75 bits per heavy atom. The van der Waals surface area contributed by atoms with E-state index in [0.29, 0.717) is 0 Å². The Labute approximate surface area is 141 Å². The molecule has 0 heterocycles. The molecule has 0 saturated heterocycles. The third-order valence-corrected chi connectivity index (χ3v) is 3.10. The number of aliphatic carboxylic acids is 1. The molecule has 0 aliphatic rings. The lowest BCUT2D eigenvalue weighted by Gasteiger charge is -2.23. The third-order valence-electron chi connectivity index (χ3n) is 3.10. The highest BCUT2D eigenvalue weighted by Gasteiger charge is 2.28. The normalized spacial score (nSPS) is 12.3. The lowest BCUT2D eigenvalue weighted by Crippen LogP contribution is -2.30. The number of carbonyl (C=O) groups is 3. The maximum Gasteiger partial charge on any atom is 0.310 e. The number of hydrogen-bond donors (Lipinski definition) is 1. The van der Waals surface area contributed by atoms with Crippen molar-refractivity contribution in [1.29, 1.82) is 0 Å². The standard InChI is InChI=1S/C18H24O6/c1-18(2,3)24-17(22)14(9-10-15(19)20)11-16(21)23-12-13-7-5-4-6-8-13/h4-8,14H,9-12H2,1-3H3,(H,19,20)/t14-/m1/s1. The fourth-order valence-corrected chi connectivity index (χ4v) is 1.98. The quantitative estimate of drug-likeness (QED) is 0.734. The Bertz CT molecular complexity index is 559. The maximum absolute atomic E-state index is 12.2. The maximum atomic E-state index is 12.2. The third kappa shape index (κ3) is 8.31. The molecule has 0 aromatic heterocycles. The van der Waals surface area contributed by atoms with Gasteiger partial charge in [-0.2, -0.15) is 0 Å². The highest BCUT2D eigenvalue weighted by molar-refractivity contribution is 5.80. The highest BCUT2D eigenvalue weighted by Crippen LogP contribution is 2.19. The van der Waals surface area contributed by atoms with Crippen LogP contribution in [0.2, 0.25) is 0 Å². The van der Waals surface area contributed by atoms with Crippen molar-refractivity contribution in [2.24, 2.45) is 5.92 Å². The van der Waals surface area contributed by atoms with E-state index in [4.69, 9.17) is 14.6 Å². The SMILES string of the molecule is CC(C)(C)OC(=O)[C@H](CCC(=O)O)CC(=O)OCc1ccccc1.